The summed E-state index contributed by atoms with van der Waals surface area (Å²) in [6.45, 7) is 2.92. The maximum Gasteiger partial charge on any atom is 0.223 e. The van der Waals surface area contributed by atoms with E-state index in [0.717, 1.165) is 36.6 Å². The van der Waals surface area contributed by atoms with E-state index in [1.807, 2.05) is 0 Å². The molecule has 2 saturated carbocycles. The third kappa shape index (κ3) is 3.77. The van der Waals surface area contributed by atoms with Gasteiger partial charge in [0.25, 0.3) is 0 Å². The number of carbonyl (C=O) groups excluding carboxylic acids is 1. The lowest BCUT2D eigenvalue weighted by molar-refractivity contribution is -0.142. The molecular weight excluding hydrogens is 374 g/mol. The zero-order valence-corrected chi connectivity index (χ0v) is 18.4. The molecule has 5 rings (SSSR count). The molecule has 2 aliphatic carbocycles. The normalized spacial score (nSPS) is 27.4. The maximum atomic E-state index is 13.6. The van der Waals surface area contributed by atoms with Crippen LogP contribution >= 0.6 is 0 Å². The van der Waals surface area contributed by atoms with Gasteiger partial charge in [0.05, 0.1) is 5.52 Å². The van der Waals surface area contributed by atoms with Gasteiger partial charge in [-0.05, 0) is 62.0 Å². The van der Waals surface area contributed by atoms with E-state index in [1.54, 1.807) is 7.11 Å². The summed E-state index contributed by atoms with van der Waals surface area (Å²) >= 11 is 0. The first-order valence-electron chi connectivity index (χ1n) is 11.9. The lowest BCUT2D eigenvalue weighted by Crippen LogP contribution is -2.54. The molecule has 2 aromatic rings. The Labute approximate surface area is 179 Å². The van der Waals surface area contributed by atoms with Gasteiger partial charge in [0.15, 0.2) is 0 Å². The van der Waals surface area contributed by atoms with Crippen LogP contribution in [0.3, 0.4) is 0 Å². The monoisotopic (exact) mass is 409 g/mol. The average Bonchev–Trinajstić information content (AvgIpc) is 3.49. The molecule has 3 aliphatic rings. The number of hydrogen-bond donors (Lipinski definition) is 1. The molecule has 0 radical (unpaired) electrons. The van der Waals surface area contributed by atoms with Crippen LogP contribution in [0.5, 0.6) is 0 Å². The molecule has 1 saturated heterocycles. The van der Waals surface area contributed by atoms with Crippen LogP contribution in [0.1, 0.15) is 87.8 Å². The number of piperidine rings is 1. The van der Waals surface area contributed by atoms with Crippen LogP contribution in [0, 0.1) is 5.92 Å². The van der Waals surface area contributed by atoms with Crippen molar-refractivity contribution in [2.45, 2.75) is 88.6 Å². The fourth-order valence-corrected chi connectivity index (χ4v) is 6.12. The SMILES string of the molecule is COCCC1CC2CCCC(C2)N1C(=O)CC(C)c1[nH]nc2cccc(C3CC3)c12. The Kier molecular flexibility index (Phi) is 5.57. The van der Waals surface area contributed by atoms with Gasteiger partial charge >= 0.3 is 0 Å². The lowest BCUT2D eigenvalue weighted by Gasteiger charge is -2.48. The molecule has 30 heavy (non-hydrogen) atoms. The van der Waals surface area contributed by atoms with Crippen LogP contribution < -0.4 is 0 Å². The third-order valence-corrected chi connectivity index (χ3v) is 7.72. The van der Waals surface area contributed by atoms with Crippen LogP contribution in [-0.2, 0) is 9.53 Å². The van der Waals surface area contributed by atoms with Crippen LogP contribution in [0.25, 0.3) is 10.9 Å². The topological polar surface area (TPSA) is 58.2 Å². The Balaban J connectivity index is 1.37. The minimum atomic E-state index is 0.145. The molecule has 4 atom stereocenters. The van der Waals surface area contributed by atoms with Crippen molar-refractivity contribution < 1.29 is 9.53 Å². The van der Waals surface area contributed by atoms with Crippen LogP contribution in [0.15, 0.2) is 18.2 Å². The van der Waals surface area contributed by atoms with Gasteiger partial charge in [-0.3, -0.25) is 9.89 Å². The molecule has 4 unspecified atom stereocenters. The molecule has 1 aromatic heterocycles. The molecule has 5 nitrogen and oxygen atoms in total. The summed E-state index contributed by atoms with van der Waals surface area (Å²) in [4.78, 5) is 15.9. The predicted molar refractivity (Wildman–Crippen MR) is 119 cm³/mol. The second-order valence-electron chi connectivity index (χ2n) is 9.92. The fourth-order valence-electron chi connectivity index (χ4n) is 6.12. The first-order chi connectivity index (χ1) is 14.7. The molecule has 162 valence electrons. The number of rotatable bonds is 7. The van der Waals surface area contributed by atoms with Crippen molar-refractivity contribution in [3.05, 3.63) is 29.5 Å². The highest BCUT2D eigenvalue weighted by molar-refractivity contribution is 5.87. The van der Waals surface area contributed by atoms with E-state index < -0.39 is 0 Å². The van der Waals surface area contributed by atoms with E-state index in [0.29, 0.717) is 30.3 Å². The largest absolute Gasteiger partial charge is 0.385 e. The smallest absolute Gasteiger partial charge is 0.223 e. The molecule has 1 aromatic carbocycles. The molecule has 1 amide bonds. The number of carbonyl (C=O) groups is 1. The summed E-state index contributed by atoms with van der Waals surface area (Å²) < 4.78 is 5.37. The first-order valence-corrected chi connectivity index (χ1v) is 11.9. The molecule has 1 aliphatic heterocycles. The molecule has 5 heteroatoms. The number of nitrogens with zero attached hydrogens (tertiary/aromatic N) is 2. The summed E-state index contributed by atoms with van der Waals surface area (Å²) in [7, 11) is 1.76. The zero-order chi connectivity index (χ0) is 20.7. The first kappa shape index (κ1) is 20.0. The average molecular weight is 410 g/mol. The van der Waals surface area contributed by atoms with Crippen LogP contribution in [-0.4, -0.2) is 46.8 Å². The summed E-state index contributed by atoms with van der Waals surface area (Å²) in [5, 5.41) is 9.13. The number of aromatic amines is 1. The molecule has 2 heterocycles. The number of ether oxygens (including phenoxy) is 1. The van der Waals surface area contributed by atoms with Gasteiger partial charge in [0, 0.05) is 49.2 Å². The van der Waals surface area contributed by atoms with E-state index in [1.165, 1.54) is 49.5 Å². The van der Waals surface area contributed by atoms with Gasteiger partial charge in [-0.2, -0.15) is 5.10 Å². The van der Waals surface area contributed by atoms with Crippen molar-refractivity contribution in [1.29, 1.82) is 0 Å². The number of nitrogens with one attached hydrogen (secondary N) is 1. The quantitative estimate of drug-likeness (QED) is 0.690. The number of benzene rings is 1. The standard InChI is InChI=1S/C25H35N3O2/c1-16(25-24-21(18-9-10-18)7-4-8-22(24)26-27-25)13-23(29)28-19-6-3-5-17(14-19)15-20(28)11-12-30-2/h4,7-8,16-20H,3,5-6,9-15H2,1-2H3,(H,26,27). The van der Waals surface area contributed by atoms with E-state index in [-0.39, 0.29) is 5.92 Å². The van der Waals surface area contributed by atoms with Gasteiger partial charge in [0.2, 0.25) is 5.91 Å². The molecule has 2 bridgehead atoms. The summed E-state index contributed by atoms with van der Waals surface area (Å²) in [5.41, 5.74) is 3.61. The number of fused-ring (bicyclic) bond motifs is 3. The summed E-state index contributed by atoms with van der Waals surface area (Å²) in [6.07, 6.45) is 10.2. The Morgan fingerprint density at radius 3 is 2.93 bits per heavy atom. The Bertz CT molecular complexity index is 903. The highest BCUT2D eigenvalue weighted by Gasteiger charge is 2.40. The van der Waals surface area contributed by atoms with Crippen molar-refractivity contribution in [3.8, 4) is 0 Å². The van der Waals surface area contributed by atoms with Gasteiger partial charge in [-0.25, -0.2) is 0 Å². The number of amides is 1. The predicted octanol–water partition coefficient (Wildman–Crippen LogP) is 5.13. The highest BCUT2D eigenvalue weighted by atomic mass is 16.5. The van der Waals surface area contributed by atoms with E-state index >= 15 is 0 Å². The minimum Gasteiger partial charge on any atom is -0.385 e. The maximum absolute atomic E-state index is 13.6. The van der Waals surface area contributed by atoms with E-state index in [4.69, 9.17) is 4.74 Å². The molecule has 1 N–H and O–H groups in total. The Hall–Kier alpha value is -1.88. The highest BCUT2D eigenvalue weighted by Crippen LogP contribution is 2.45. The summed E-state index contributed by atoms with van der Waals surface area (Å²) in [6, 6.07) is 7.22. The minimum absolute atomic E-state index is 0.145. The van der Waals surface area contributed by atoms with E-state index in [9.17, 15) is 4.79 Å². The van der Waals surface area contributed by atoms with Gasteiger partial charge in [0.1, 0.15) is 0 Å². The number of likely N-dealkylation sites (tertiary alicyclic amines) is 1. The van der Waals surface area contributed by atoms with Crippen molar-refractivity contribution in [3.63, 3.8) is 0 Å². The third-order valence-electron chi connectivity index (χ3n) is 7.72. The second-order valence-corrected chi connectivity index (χ2v) is 9.92. The van der Waals surface area contributed by atoms with Gasteiger partial charge in [-0.15, -0.1) is 0 Å². The molecular formula is C25H35N3O2. The number of H-pyrrole nitrogens is 1. The molecule has 0 spiro atoms. The van der Waals surface area contributed by atoms with Crippen molar-refractivity contribution in [2.75, 3.05) is 13.7 Å². The van der Waals surface area contributed by atoms with Crippen LogP contribution in [0.2, 0.25) is 0 Å². The number of hydrogen-bond acceptors (Lipinski definition) is 3. The molecule has 3 fully saturated rings. The Morgan fingerprint density at radius 1 is 1.27 bits per heavy atom. The van der Waals surface area contributed by atoms with Crippen molar-refractivity contribution in [1.82, 2.24) is 15.1 Å². The van der Waals surface area contributed by atoms with Crippen molar-refractivity contribution in [2.24, 2.45) is 5.92 Å². The van der Waals surface area contributed by atoms with Crippen LogP contribution in [0.4, 0.5) is 0 Å². The zero-order valence-electron chi connectivity index (χ0n) is 18.4. The second kappa shape index (κ2) is 8.33. The van der Waals surface area contributed by atoms with E-state index in [2.05, 4.69) is 40.2 Å². The van der Waals surface area contributed by atoms with Gasteiger partial charge in [-0.1, -0.05) is 31.9 Å². The van der Waals surface area contributed by atoms with Gasteiger partial charge < -0.3 is 9.64 Å². The fraction of sp³-hybridized carbons (Fsp3) is 0.680. The Morgan fingerprint density at radius 2 is 2.13 bits per heavy atom. The number of aromatic nitrogens is 2. The lowest BCUT2D eigenvalue weighted by atomic mass is 9.75. The van der Waals surface area contributed by atoms with Crippen molar-refractivity contribution >= 4 is 16.8 Å². The summed E-state index contributed by atoms with van der Waals surface area (Å²) in [5.74, 6) is 1.93. The number of methoxy groups -OCH3 is 1.